The summed E-state index contributed by atoms with van der Waals surface area (Å²) in [7, 11) is 0. The first kappa shape index (κ1) is 24.2. The number of benzene rings is 1. The van der Waals surface area contributed by atoms with Crippen molar-refractivity contribution in [1.29, 1.82) is 0 Å². The molecule has 0 spiro atoms. The maximum absolute atomic E-state index is 13.5. The van der Waals surface area contributed by atoms with Crippen LogP contribution in [0.1, 0.15) is 63.5 Å². The molecule has 2 atom stereocenters. The molecule has 1 heterocycles. The molecule has 174 valence electrons. The van der Waals surface area contributed by atoms with E-state index in [1.54, 1.807) is 84.3 Å². The topological polar surface area (TPSA) is 96.6 Å². The Morgan fingerprint density at radius 2 is 1.33 bits per heavy atom. The van der Waals surface area contributed by atoms with Crippen LogP contribution in [0.4, 0.5) is 0 Å². The molecular weight excluding hydrogens is 422 g/mol. The second-order valence-corrected chi connectivity index (χ2v) is 9.93. The number of ketones is 1. The molecule has 1 aliphatic rings. The van der Waals surface area contributed by atoms with Gasteiger partial charge in [0.2, 0.25) is 0 Å². The van der Waals surface area contributed by atoms with Crippen LogP contribution in [0.5, 0.6) is 0 Å². The third kappa shape index (κ3) is 5.30. The predicted molar refractivity (Wildman–Crippen MR) is 119 cm³/mol. The van der Waals surface area contributed by atoms with Crippen LogP contribution in [0.3, 0.4) is 0 Å². The summed E-state index contributed by atoms with van der Waals surface area (Å²) in [4.78, 5) is 40.3. The number of aromatic nitrogens is 1. The average molecular weight is 452 g/mol. The Morgan fingerprint density at radius 1 is 0.818 bits per heavy atom. The monoisotopic (exact) mass is 451 g/mol. The quantitative estimate of drug-likeness (QED) is 0.512. The number of ether oxygens (including phenoxy) is 2. The number of esters is 2. The van der Waals surface area contributed by atoms with Crippen LogP contribution < -0.4 is 9.67 Å². The molecule has 0 fully saturated rings. The molecule has 0 saturated carbocycles. The van der Waals surface area contributed by atoms with E-state index in [4.69, 9.17) is 9.47 Å². The van der Waals surface area contributed by atoms with Gasteiger partial charge in [0.25, 0.3) is 6.04 Å². The first-order valence-corrected chi connectivity index (χ1v) is 10.8. The molecule has 7 heteroatoms. The van der Waals surface area contributed by atoms with Crippen LogP contribution in [0.25, 0.3) is 5.76 Å². The smallest absolute Gasteiger partial charge is 0.377 e. The molecule has 7 nitrogen and oxygen atoms in total. The number of Topliss-reactive ketones (excluding diaryl/α,β-unsaturated/α-hetero) is 1. The lowest BCUT2D eigenvalue weighted by molar-refractivity contribution is -0.714. The highest BCUT2D eigenvalue weighted by Gasteiger charge is 2.50. The van der Waals surface area contributed by atoms with E-state index in [1.807, 2.05) is 0 Å². The van der Waals surface area contributed by atoms with Crippen molar-refractivity contribution in [3.8, 4) is 0 Å². The van der Waals surface area contributed by atoms with Crippen LogP contribution in [-0.2, 0) is 19.1 Å². The number of nitrogens with zero attached hydrogens (tertiary/aromatic N) is 1. The van der Waals surface area contributed by atoms with Gasteiger partial charge in [0.1, 0.15) is 11.2 Å². The Morgan fingerprint density at radius 3 is 1.85 bits per heavy atom. The maximum Gasteiger partial charge on any atom is 0.377 e. The summed E-state index contributed by atoms with van der Waals surface area (Å²) < 4.78 is 12.7. The summed E-state index contributed by atoms with van der Waals surface area (Å²) in [6.07, 6.45) is 3.17. The highest BCUT2D eigenvalue weighted by molar-refractivity contribution is 6.21. The van der Waals surface area contributed by atoms with Crippen LogP contribution >= 0.6 is 0 Å². The van der Waals surface area contributed by atoms with Crippen molar-refractivity contribution in [2.24, 2.45) is 5.92 Å². The molecule has 0 N–H and O–H groups in total. The Balaban J connectivity index is 2.22. The van der Waals surface area contributed by atoms with Crippen molar-refractivity contribution in [3.63, 3.8) is 0 Å². The molecule has 3 rings (SSSR count). The number of carbonyl (C=O) groups is 3. The number of hydrogen-bond acceptors (Lipinski definition) is 6. The molecule has 0 aliphatic heterocycles. The van der Waals surface area contributed by atoms with Gasteiger partial charge in [-0.15, -0.1) is 0 Å². The number of pyridine rings is 1. The predicted octanol–water partition coefficient (Wildman–Crippen LogP) is 2.78. The van der Waals surface area contributed by atoms with E-state index in [0.717, 1.165) is 0 Å². The van der Waals surface area contributed by atoms with Gasteiger partial charge in [-0.3, -0.25) is 9.59 Å². The van der Waals surface area contributed by atoms with E-state index in [9.17, 15) is 19.5 Å². The Hall–Kier alpha value is -3.48. The Labute approximate surface area is 193 Å². The second-order valence-electron chi connectivity index (χ2n) is 9.93. The molecule has 0 saturated heterocycles. The lowest BCUT2D eigenvalue weighted by Crippen LogP contribution is -2.53. The summed E-state index contributed by atoms with van der Waals surface area (Å²) in [5.41, 5.74) is -1.66. The summed E-state index contributed by atoms with van der Waals surface area (Å²) in [5, 5.41) is 13.3. The Kier molecular flexibility index (Phi) is 6.45. The van der Waals surface area contributed by atoms with Crippen molar-refractivity contribution in [2.75, 3.05) is 0 Å². The molecule has 1 aromatic heterocycles. The van der Waals surface area contributed by atoms with Crippen LogP contribution in [0.2, 0.25) is 0 Å². The fourth-order valence-electron chi connectivity index (χ4n) is 3.71. The van der Waals surface area contributed by atoms with Crippen LogP contribution in [-0.4, -0.2) is 28.9 Å². The number of carbonyl (C=O) groups excluding carboxylic acids is 3. The molecule has 1 aromatic carbocycles. The highest BCUT2D eigenvalue weighted by Crippen LogP contribution is 2.38. The van der Waals surface area contributed by atoms with Crippen molar-refractivity contribution in [2.45, 2.75) is 58.8 Å². The van der Waals surface area contributed by atoms with E-state index in [1.165, 1.54) is 16.7 Å². The molecule has 2 unspecified atom stereocenters. The number of rotatable bonds is 5. The van der Waals surface area contributed by atoms with E-state index in [-0.39, 0.29) is 16.7 Å². The first-order valence-electron chi connectivity index (χ1n) is 10.8. The molecule has 0 bridgehead atoms. The zero-order chi connectivity index (χ0) is 24.6. The molecule has 0 radical (unpaired) electrons. The van der Waals surface area contributed by atoms with E-state index in [0.29, 0.717) is 0 Å². The molecular formula is C26H29NO6. The molecule has 0 amide bonds. The SMILES string of the molecule is CC(C)(C)OC(=O)C(C1=C([O-])c2ccccc2C1=O)C(C(=O)OC(C)(C)C)[n+]1ccccc1. The largest absolute Gasteiger partial charge is 0.872 e. The van der Waals surface area contributed by atoms with Crippen LogP contribution in [0.15, 0.2) is 60.4 Å². The van der Waals surface area contributed by atoms with Crippen LogP contribution in [0, 0.1) is 5.92 Å². The van der Waals surface area contributed by atoms with Gasteiger partial charge in [0.15, 0.2) is 24.1 Å². The van der Waals surface area contributed by atoms with Gasteiger partial charge in [0.05, 0.1) is 0 Å². The van der Waals surface area contributed by atoms with E-state index >= 15 is 0 Å². The van der Waals surface area contributed by atoms with Gasteiger partial charge in [-0.1, -0.05) is 36.1 Å². The summed E-state index contributed by atoms with van der Waals surface area (Å²) in [5.74, 6) is -4.27. The van der Waals surface area contributed by atoms with Gasteiger partial charge in [-0.25, -0.2) is 4.79 Å². The third-order valence-corrected chi connectivity index (χ3v) is 4.90. The van der Waals surface area contributed by atoms with Crippen molar-refractivity contribution in [1.82, 2.24) is 0 Å². The zero-order valence-corrected chi connectivity index (χ0v) is 19.7. The summed E-state index contributed by atoms with van der Waals surface area (Å²) in [6.45, 7) is 10.1. The fraction of sp³-hybridized carbons (Fsp3) is 0.385. The Bertz CT molecular complexity index is 1110. The fourth-order valence-corrected chi connectivity index (χ4v) is 3.71. The average Bonchev–Trinajstić information content (AvgIpc) is 2.95. The summed E-state index contributed by atoms with van der Waals surface area (Å²) in [6, 6.07) is 10.2. The molecule has 2 aromatic rings. The van der Waals surface area contributed by atoms with E-state index in [2.05, 4.69) is 0 Å². The van der Waals surface area contributed by atoms with E-state index < -0.39 is 46.6 Å². The lowest BCUT2D eigenvalue weighted by atomic mass is 9.87. The maximum atomic E-state index is 13.5. The van der Waals surface area contributed by atoms with Crippen molar-refractivity contribution >= 4 is 23.5 Å². The lowest BCUT2D eigenvalue weighted by Gasteiger charge is -2.29. The number of hydrogen-bond donors (Lipinski definition) is 0. The van der Waals surface area contributed by atoms with Gasteiger partial charge in [-0.05, 0) is 47.1 Å². The zero-order valence-electron chi connectivity index (χ0n) is 19.7. The minimum absolute atomic E-state index is 0.201. The van der Waals surface area contributed by atoms with Gasteiger partial charge >= 0.3 is 11.9 Å². The minimum atomic E-state index is -1.50. The second kappa shape index (κ2) is 8.81. The highest BCUT2D eigenvalue weighted by atomic mass is 16.6. The molecule has 1 aliphatic carbocycles. The summed E-state index contributed by atoms with van der Waals surface area (Å²) >= 11 is 0. The van der Waals surface area contributed by atoms with Crippen molar-refractivity contribution < 1.29 is 33.5 Å². The third-order valence-electron chi connectivity index (χ3n) is 4.90. The standard InChI is InChI=1S/C26H29NO6/c1-25(2,3)32-23(30)18(19-21(28)16-12-8-9-13-17(16)22(19)29)20(24(31)33-26(4,5)6)27-14-10-7-11-15-27/h7-15,18,20H,1-6H3. The van der Waals surface area contributed by atoms with Gasteiger partial charge in [0, 0.05) is 23.3 Å². The molecule has 33 heavy (non-hydrogen) atoms. The van der Waals surface area contributed by atoms with Crippen molar-refractivity contribution in [3.05, 3.63) is 71.6 Å². The first-order chi connectivity index (χ1) is 15.3. The minimum Gasteiger partial charge on any atom is -0.872 e. The number of fused-ring (bicyclic) bond motifs is 1. The van der Waals surface area contributed by atoms with Gasteiger partial charge < -0.3 is 14.6 Å². The van der Waals surface area contributed by atoms with Gasteiger partial charge in [-0.2, -0.15) is 4.57 Å². The normalized spacial score (nSPS) is 15.6.